The van der Waals surface area contributed by atoms with Gasteiger partial charge in [0.15, 0.2) is 11.5 Å². The van der Waals surface area contributed by atoms with Gasteiger partial charge in [-0.2, -0.15) is 0 Å². The summed E-state index contributed by atoms with van der Waals surface area (Å²) in [5.41, 5.74) is 1.19. The van der Waals surface area contributed by atoms with Crippen molar-refractivity contribution in [3.8, 4) is 11.5 Å². The van der Waals surface area contributed by atoms with Crippen LogP contribution in [0.1, 0.15) is 11.5 Å². The summed E-state index contributed by atoms with van der Waals surface area (Å²) in [7, 11) is 2.57. The van der Waals surface area contributed by atoms with Crippen LogP contribution in [0, 0.1) is 0 Å². The Morgan fingerprint density at radius 2 is 1.74 bits per heavy atom. The Morgan fingerprint density at radius 1 is 1.09 bits per heavy atom. The Kier molecular flexibility index (Phi) is 3.92. The van der Waals surface area contributed by atoms with Gasteiger partial charge in [-0.1, -0.05) is 12.1 Å². The predicted molar refractivity (Wildman–Crippen MR) is 78.6 cm³/mol. The number of carbonyl (C=O) groups excluding carboxylic acids is 2. The summed E-state index contributed by atoms with van der Waals surface area (Å²) in [5, 5.41) is 2.79. The molecule has 0 saturated heterocycles. The molecule has 7 nitrogen and oxygen atoms in total. The zero-order valence-corrected chi connectivity index (χ0v) is 12.6. The van der Waals surface area contributed by atoms with Gasteiger partial charge in [0.2, 0.25) is 6.79 Å². The van der Waals surface area contributed by atoms with Crippen molar-refractivity contribution in [3.05, 3.63) is 47.3 Å². The molecule has 1 aromatic carbocycles. The lowest BCUT2D eigenvalue weighted by Gasteiger charge is -2.25. The highest BCUT2D eigenvalue weighted by Crippen LogP contribution is 2.45. The molecule has 2 aliphatic heterocycles. The van der Waals surface area contributed by atoms with Crippen molar-refractivity contribution < 1.29 is 28.5 Å². The molecule has 0 radical (unpaired) electrons. The van der Waals surface area contributed by atoms with E-state index < -0.39 is 17.9 Å². The molecule has 0 saturated carbocycles. The fourth-order valence-electron chi connectivity index (χ4n) is 2.66. The zero-order chi connectivity index (χ0) is 16.4. The molecule has 0 aliphatic carbocycles. The van der Waals surface area contributed by atoms with E-state index in [0.29, 0.717) is 17.1 Å². The summed E-state index contributed by atoms with van der Waals surface area (Å²) in [6.07, 6.45) is 3.00. The number of fused-ring (bicyclic) bond motifs is 1. The third-order valence-corrected chi connectivity index (χ3v) is 3.68. The molecule has 0 spiro atoms. The molecular formula is C16H15NO6. The Morgan fingerprint density at radius 3 is 2.35 bits per heavy atom. The first-order valence-electron chi connectivity index (χ1n) is 6.88. The Bertz CT molecular complexity index is 689. The summed E-state index contributed by atoms with van der Waals surface area (Å²) < 4.78 is 20.5. The number of esters is 2. The Balaban J connectivity index is 2.13. The number of ether oxygens (including phenoxy) is 4. The minimum absolute atomic E-state index is 0.0891. The molecule has 7 heteroatoms. The van der Waals surface area contributed by atoms with Gasteiger partial charge in [0, 0.05) is 18.0 Å². The fraction of sp³-hybridized carbons (Fsp3) is 0.250. The van der Waals surface area contributed by atoms with Crippen LogP contribution in [0.5, 0.6) is 11.5 Å². The van der Waals surface area contributed by atoms with Gasteiger partial charge in [0.25, 0.3) is 0 Å². The fourth-order valence-corrected chi connectivity index (χ4v) is 2.66. The lowest BCUT2D eigenvalue weighted by molar-refractivity contribution is -0.137. The molecule has 1 aromatic rings. The van der Waals surface area contributed by atoms with E-state index in [2.05, 4.69) is 5.32 Å². The highest BCUT2D eigenvalue weighted by molar-refractivity contribution is 5.99. The monoisotopic (exact) mass is 317 g/mol. The number of hydrogen-bond acceptors (Lipinski definition) is 7. The molecule has 0 aromatic heterocycles. The lowest BCUT2D eigenvalue weighted by atomic mass is 9.83. The highest BCUT2D eigenvalue weighted by Gasteiger charge is 2.36. The number of benzene rings is 1. The summed E-state index contributed by atoms with van der Waals surface area (Å²) in [6.45, 7) is 0.0891. The molecule has 0 fully saturated rings. The highest BCUT2D eigenvalue weighted by atomic mass is 16.7. The molecule has 2 heterocycles. The van der Waals surface area contributed by atoms with E-state index in [4.69, 9.17) is 18.9 Å². The second-order valence-corrected chi connectivity index (χ2v) is 4.86. The average molecular weight is 317 g/mol. The van der Waals surface area contributed by atoms with Crippen LogP contribution >= 0.6 is 0 Å². The number of carbonyl (C=O) groups is 2. The quantitative estimate of drug-likeness (QED) is 0.839. The van der Waals surface area contributed by atoms with Crippen LogP contribution in [-0.2, 0) is 19.1 Å². The minimum Gasteiger partial charge on any atom is -0.466 e. The van der Waals surface area contributed by atoms with E-state index in [1.165, 1.54) is 26.6 Å². The van der Waals surface area contributed by atoms with E-state index >= 15 is 0 Å². The number of methoxy groups -OCH3 is 2. The van der Waals surface area contributed by atoms with E-state index in [9.17, 15) is 9.59 Å². The maximum Gasteiger partial charge on any atom is 0.336 e. The average Bonchev–Trinajstić information content (AvgIpc) is 3.08. The van der Waals surface area contributed by atoms with Crippen molar-refractivity contribution in [2.75, 3.05) is 21.0 Å². The van der Waals surface area contributed by atoms with E-state index in [1.807, 2.05) is 0 Å². The third kappa shape index (κ3) is 2.50. The van der Waals surface area contributed by atoms with Gasteiger partial charge < -0.3 is 24.3 Å². The van der Waals surface area contributed by atoms with Crippen LogP contribution in [0.4, 0.5) is 0 Å². The van der Waals surface area contributed by atoms with Crippen molar-refractivity contribution in [1.29, 1.82) is 0 Å². The van der Waals surface area contributed by atoms with E-state index in [1.54, 1.807) is 18.2 Å². The topological polar surface area (TPSA) is 83.1 Å². The molecule has 0 atom stereocenters. The number of nitrogens with one attached hydrogen (secondary N) is 1. The van der Waals surface area contributed by atoms with Gasteiger partial charge in [-0.15, -0.1) is 0 Å². The normalized spacial score (nSPS) is 16.1. The molecule has 2 aliphatic rings. The lowest BCUT2D eigenvalue weighted by Crippen LogP contribution is -2.26. The zero-order valence-electron chi connectivity index (χ0n) is 12.6. The first-order valence-corrected chi connectivity index (χ1v) is 6.88. The standard InChI is InChI=1S/C16H15NO6/c1-20-15(18)10-6-17-7-11(16(19)21-2)13(10)9-4-3-5-12-14(9)23-8-22-12/h3-7,13,17H,8H2,1-2H3. The Labute approximate surface area is 132 Å². The second-order valence-electron chi connectivity index (χ2n) is 4.86. The largest absolute Gasteiger partial charge is 0.466 e. The van der Waals surface area contributed by atoms with Crippen molar-refractivity contribution in [3.63, 3.8) is 0 Å². The summed E-state index contributed by atoms with van der Waals surface area (Å²) in [4.78, 5) is 24.3. The molecule has 0 amide bonds. The van der Waals surface area contributed by atoms with Crippen LogP contribution in [-0.4, -0.2) is 33.0 Å². The first-order chi connectivity index (χ1) is 11.2. The second kappa shape index (κ2) is 6.04. The summed E-state index contributed by atoms with van der Waals surface area (Å²) >= 11 is 0. The molecule has 0 unspecified atom stereocenters. The molecule has 23 heavy (non-hydrogen) atoms. The van der Waals surface area contributed by atoms with Crippen LogP contribution in [0.2, 0.25) is 0 Å². The molecular weight excluding hydrogens is 302 g/mol. The summed E-state index contributed by atoms with van der Waals surface area (Å²) in [6, 6.07) is 5.31. The molecule has 3 rings (SSSR count). The number of dihydropyridines is 1. The smallest absolute Gasteiger partial charge is 0.336 e. The maximum atomic E-state index is 12.1. The van der Waals surface area contributed by atoms with E-state index in [-0.39, 0.29) is 17.9 Å². The first kappa shape index (κ1) is 15.0. The van der Waals surface area contributed by atoms with Crippen LogP contribution in [0.3, 0.4) is 0 Å². The number of hydrogen-bond donors (Lipinski definition) is 1. The van der Waals surface area contributed by atoms with E-state index in [0.717, 1.165) is 0 Å². The van der Waals surface area contributed by atoms with Gasteiger partial charge >= 0.3 is 11.9 Å². The molecule has 120 valence electrons. The van der Waals surface area contributed by atoms with Gasteiger partial charge in [-0.3, -0.25) is 0 Å². The predicted octanol–water partition coefficient (Wildman–Crippen LogP) is 1.22. The third-order valence-electron chi connectivity index (χ3n) is 3.68. The van der Waals surface area contributed by atoms with Crippen molar-refractivity contribution >= 4 is 11.9 Å². The van der Waals surface area contributed by atoms with Crippen LogP contribution < -0.4 is 14.8 Å². The molecule has 1 N–H and O–H groups in total. The van der Waals surface area contributed by atoms with Crippen molar-refractivity contribution in [2.45, 2.75) is 5.92 Å². The maximum absolute atomic E-state index is 12.1. The van der Waals surface area contributed by atoms with Crippen LogP contribution in [0.25, 0.3) is 0 Å². The number of rotatable bonds is 3. The SMILES string of the molecule is COC(=O)C1=CNC=C(C(=O)OC)C1c1cccc2c1OCO2. The van der Waals surface area contributed by atoms with Gasteiger partial charge in [0.05, 0.1) is 31.3 Å². The minimum atomic E-state index is -0.673. The van der Waals surface area contributed by atoms with Crippen molar-refractivity contribution in [2.24, 2.45) is 0 Å². The molecule has 0 bridgehead atoms. The van der Waals surface area contributed by atoms with Crippen molar-refractivity contribution in [1.82, 2.24) is 5.32 Å². The number of para-hydroxylation sites is 1. The summed E-state index contributed by atoms with van der Waals surface area (Å²) in [5.74, 6) is -0.701. The van der Waals surface area contributed by atoms with Gasteiger partial charge in [-0.05, 0) is 6.07 Å². The Hall–Kier alpha value is -2.96. The van der Waals surface area contributed by atoms with Crippen LogP contribution in [0.15, 0.2) is 41.7 Å². The van der Waals surface area contributed by atoms with Gasteiger partial charge in [0.1, 0.15) is 0 Å². The van der Waals surface area contributed by atoms with Gasteiger partial charge in [-0.25, -0.2) is 9.59 Å².